The zero-order valence-corrected chi connectivity index (χ0v) is 10.9. The summed E-state index contributed by atoms with van der Waals surface area (Å²) in [6.45, 7) is 0. The Labute approximate surface area is 114 Å². The molecule has 7 nitrogen and oxygen atoms in total. The van der Waals surface area contributed by atoms with Gasteiger partial charge in [-0.3, -0.25) is 0 Å². The highest BCUT2D eigenvalue weighted by Gasteiger charge is 2.12. The Hall–Kier alpha value is -2.83. The lowest BCUT2D eigenvalue weighted by atomic mass is 10.2. The summed E-state index contributed by atoms with van der Waals surface area (Å²) >= 11 is 0. The fourth-order valence-electron chi connectivity index (χ4n) is 1.48. The SMILES string of the molecule is COc1ccnc(Oc2cc(C(=O)O)ccc2OC)n1. The number of aromatic carboxylic acids is 1. The molecule has 0 saturated carbocycles. The first kappa shape index (κ1) is 13.6. The number of benzene rings is 1. The topological polar surface area (TPSA) is 90.8 Å². The zero-order chi connectivity index (χ0) is 14.5. The van der Waals surface area contributed by atoms with Crippen molar-refractivity contribution in [1.82, 2.24) is 9.97 Å². The Bertz CT molecular complexity index is 630. The van der Waals surface area contributed by atoms with E-state index in [4.69, 9.17) is 19.3 Å². The Morgan fingerprint density at radius 1 is 1.15 bits per heavy atom. The lowest BCUT2D eigenvalue weighted by Crippen LogP contribution is -2.00. The van der Waals surface area contributed by atoms with E-state index in [1.165, 1.54) is 38.6 Å². The molecule has 0 saturated heterocycles. The largest absolute Gasteiger partial charge is 0.493 e. The molecule has 20 heavy (non-hydrogen) atoms. The average molecular weight is 276 g/mol. The van der Waals surface area contributed by atoms with Crippen LogP contribution in [0.15, 0.2) is 30.5 Å². The quantitative estimate of drug-likeness (QED) is 0.892. The van der Waals surface area contributed by atoms with Crippen molar-refractivity contribution < 1.29 is 24.1 Å². The van der Waals surface area contributed by atoms with Gasteiger partial charge in [-0.2, -0.15) is 4.98 Å². The van der Waals surface area contributed by atoms with Gasteiger partial charge in [0.1, 0.15) is 0 Å². The van der Waals surface area contributed by atoms with Crippen LogP contribution in [0.5, 0.6) is 23.4 Å². The van der Waals surface area contributed by atoms with Crippen LogP contribution in [0.1, 0.15) is 10.4 Å². The van der Waals surface area contributed by atoms with Crippen molar-refractivity contribution in [3.8, 4) is 23.4 Å². The number of hydrogen-bond donors (Lipinski definition) is 1. The van der Waals surface area contributed by atoms with Gasteiger partial charge in [-0.1, -0.05) is 0 Å². The number of rotatable bonds is 5. The monoisotopic (exact) mass is 276 g/mol. The minimum Gasteiger partial charge on any atom is -0.493 e. The summed E-state index contributed by atoms with van der Waals surface area (Å²) in [5.74, 6) is -0.144. The van der Waals surface area contributed by atoms with Gasteiger partial charge < -0.3 is 19.3 Å². The highest BCUT2D eigenvalue weighted by Crippen LogP contribution is 2.31. The number of carboxylic acids is 1. The number of hydrogen-bond acceptors (Lipinski definition) is 6. The van der Waals surface area contributed by atoms with E-state index >= 15 is 0 Å². The van der Waals surface area contributed by atoms with E-state index in [9.17, 15) is 4.79 Å². The van der Waals surface area contributed by atoms with Crippen LogP contribution in [-0.4, -0.2) is 35.3 Å². The molecule has 1 aromatic heterocycles. The van der Waals surface area contributed by atoms with Crippen molar-refractivity contribution in [3.63, 3.8) is 0 Å². The summed E-state index contributed by atoms with van der Waals surface area (Å²) in [4.78, 5) is 18.9. The van der Waals surface area contributed by atoms with Crippen LogP contribution in [0, 0.1) is 0 Å². The second kappa shape index (κ2) is 5.87. The smallest absolute Gasteiger partial charge is 0.335 e. The van der Waals surface area contributed by atoms with Gasteiger partial charge in [-0.05, 0) is 18.2 Å². The van der Waals surface area contributed by atoms with Gasteiger partial charge in [0.25, 0.3) is 0 Å². The minimum absolute atomic E-state index is 0.0326. The molecule has 1 aromatic carbocycles. The van der Waals surface area contributed by atoms with E-state index in [0.29, 0.717) is 11.6 Å². The number of carboxylic acid groups (broad SMARTS) is 1. The number of methoxy groups -OCH3 is 2. The van der Waals surface area contributed by atoms with Gasteiger partial charge in [0.05, 0.1) is 19.8 Å². The molecule has 0 aliphatic rings. The van der Waals surface area contributed by atoms with E-state index in [1.807, 2.05) is 0 Å². The summed E-state index contributed by atoms with van der Waals surface area (Å²) in [7, 11) is 2.92. The van der Waals surface area contributed by atoms with Gasteiger partial charge >= 0.3 is 12.0 Å². The average Bonchev–Trinajstić information content (AvgIpc) is 2.47. The number of carbonyl (C=O) groups is 1. The van der Waals surface area contributed by atoms with Crippen molar-refractivity contribution >= 4 is 5.97 Å². The summed E-state index contributed by atoms with van der Waals surface area (Å²) in [6.07, 6.45) is 1.47. The highest BCUT2D eigenvalue weighted by atomic mass is 16.5. The molecule has 7 heteroatoms. The van der Waals surface area contributed by atoms with Crippen LogP contribution < -0.4 is 14.2 Å². The molecule has 2 rings (SSSR count). The predicted octanol–water partition coefficient (Wildman–Crippen LogP) is 1.98. The van der Waals surface area contributed by atoms with Gasteiger partial charge in [-0.15, -0.1) is 0 Å². The molecule has 1 heterocycles. The maximum atomic E-state index is 11.0. The predicted molar refractivity (Wildman–Crippen MR) is 68.6 cm³/mol. The summed E-state index contributed by atoms with van der Waals surface area (Å²) in [5.41, 5.74) is 0.0729. The first-order valence-electron chi connectivity index (χ1n) is 5.60. The molecular formula is C13H12N2O5. The molecule has 0 bridgehead atoms. The first-order chi connectivity index (χ1) is 9.63. The van der Waals surface area contributed by atoms with Crippen molar-refractivity contribution in [3.05, 3.63) is 36.0 Å². The molecule has 104 valence electrons. The third kappa shape index (κ3) is 2.94. The standard InChI is InChI=1S/C13H12N2O5/c1-18-9-4-3-8(12(16)17)7-10(9)20-13-14-6-5-11(15-13)19-2/h3-7H,1-2H3,(H,16,17). The van der Waals surface area contributed by atoms with Crippen LogP contribution in [-0.2, 0) is 0 Å². The van der Waals surface area contributed by atoms with E-state index in [0.717, 1.165) is 0 Å². The van der Waals surface area contributed by atoms with E-state index in [1.54, 1.807) is 6.07 Å². The van der Waals surface area contributed by atoms with Crippen LogP contribution >= 0.6 is 0 Å². The fraction of sp³-hybridized carbons (Fsp3) is 0.154. The summed E-state index contributed by atoms with van der Waals surface area (Å²) in [6, 6.07) is 5.85. The van der Waals surface area contributed by atoms with E-state index in [-0.39, 0.29) is 17.3 Å². The van der Waals surface area contributed by atoms with E-state index in [2.05, 4.69) is 9.97 Å². The van der Waals surface area contributed by atoms with Gasteiger partial charge in [0.15, 0.2) is 11.5 Å². The van der Waals surface area contributed by atoms with Gasteiger partial charge in [-0.25, -0.2) is 9.78 Å². The molecule has 0 fully saturated rings. The normalized spacial score (nSPS) is 9.90. The zero-order valence-electron chi connectivity index (χ0n) is 10.9. The third-order valence-corrected chi connectivity index (χ3v) is 2.43. The van der Waals surface area contributed by atoms with Gasteiger partial charge in [0.2, 0.25) is 5.88 Å². The fourth-order valence-corrected chi connectivity index (χ4v) is 1.48. The molecule has 0 spiro atoms. The minimum atomic E-state index is -1.07. The summed E-state index contributed by atoms with van der Waals surface area (Å²) < 4.78 is 15.5. The molecule has 0 unspecified atom stereocenters. The Morgan fingerprint density at radius 3 is 2.60 bits per heavy atom. The highest BCUT2D eigenvalue weighted by molar-refractivity contribution is 5.88. The molecule has 0 aliphatic heterocycles. The lowest BCUT2D eigenvalue weighted by molar-refractivity contribution is 0.0696. The van der Waals surface area contributed by atoms with Gasteiger partial charge in [0, 0.05) is 12.3 Å². The summed E-state index contributed by atoms with van der Waals surface area (Å²) in [5, 5.41) is 8.97. The van der Waals surface area contributed by atoms with E-state index < -0.39 is 5.97 Å². The van der Waals surface area contributed by atoms with Crippen molar-refractivity contribution in [2.75, 3.05) is 14.2 Å². The molecular weight excluding hydrogens is 264 g/mol. The maximum absolute atomic E-state index is 11.0. The Kier molecular flexibility index (Phi) is 3.99. The number of nitrogens with zero attached hydrogens (tertiary/aromatic N) is 2. The van der Waals surface area contributed by atoms with Crippen molar-refractivity contribution in [2.45, 2.75) is 0 Å². The lowest BCUT2D eigenvalue weighted by Gasteiger charge is -2.10. The Morgan fingerprint density at radius 2 is 1.95 bits per heavy atom. The molecule has 2 aromatic rings. The van der Waals surface area contributed by atoms with Crippen LogP contribution in [0.4, 0.5) is 0 Å². The van der Waals surface area contributed by atoms with Crippen LogP contribution in [0.25, 0.3) is 0 Å². The number of aromatic nitrogens is 2. The molecule has 0 radical (unpaired) electrons. The van der Waals surface area contributed by atoms with Crippen molar-refractivity contribution in [2.24, 2.45) is 0 Å². The first-order valence-corrected chi connectivity index (χ1v) is 5.60. The molecule has 0 atom stereocenters. The van der Waals surface area contributed by atoms with Crippen molar-refractivity contribution in [1.29, 1.82) is 0 Å². The number of ether oxygens (including phenoxy) is 3. The van der Waals surface area contributed by atoms with Crippen LogP contribution in [0.3, 0.4) is 0 Å². The molecule has 0 amide bonds. The molecule has 0 aliphatic carbocycles. The van der Waals surface area contributed by atoms with Crippen LogP contribution in [0.2, 0.25) is 0 Å². The maximum Gasteiger partial charge on any atom is 0.335 e. The second-order valence-electron chi connectivity index (χ2n) is 3.65. The Balaban J connectivity index is 2.35. The molecule has 1 N–H and O–H groups in total. The third-order valence-electron chi connectivity index (χ3n) is 2.43. The second-order valence-corrected chi connectivity index (χ2v) is 3.65.